The van der Waals surface area contributed by atoms with Crippen molar-refractivity contribution >= 4 is 11.4 Å². The van der Waals surface area contributed by atoms with Crippen LogP contribution in [-0.2, 0) is 0 Å². The summed E-state index contributed by atoms with van der Waals surface area (Å²) in [7, 11) is 1.63. The zero-order valence-electron chi connectivity index (χ0n) is 18.1. The quantitative estimate of drug-likeness (QED) is 0.382. The van der Waals surface area contributed by atoms with E-state index in [4.69, 9.17) is 9.47 Å². The van der Waals surface area contributed by atoms with E-state index >= 15 is 0 Å². The average molecular weight is 439 g/mol. The van der Waals surface area contributed by atoms with Crippen molar-refractivity contribution in [2.75, 3.05) is 12.0 Å². The van der Waals surface area contributed by atoms with Crippen LogP contribution in [0.4, 0.5) is 11.4 Å². The molecule has 5 rings (SSSR count). The zero-order chi connectivity index (χ0) is 23.1. The third-order valence-electron chi connectivity index (χ3n) is 6.43. The van der Waals surface area contributed by atoms with Crippen molar-refractivity contribution in [2.24, 2.45) is 5.92 Å². The molecule has 0 fully saturated rings. The van der Waals surface area contributed by atoms with Crippen LogP contribution in [0.5, 0.6) is 11.5 Å². The number of para-hydroxylation sites is 2. The lowest BCUT2D eigenvalue weighted by atomic mass is 9.73. The Hall–Kier alpha value is -4.31. The van der Waals surface area contributed by atoms with Crippen molar-refractivity contribution in [2.45, 2.75) is 18.9 Å². The zero-order valence-corrected chi connectivity index (χ0v) is 18.1. The largest absolute Gasteiger partial charge is 0.497 e. The summed E-state index contributed by atoms with van der Waals surface area (Å²) in [6.45, 7) is 2.11. The highest BCUT2D eigenvalue weighted by Gasteiger charge is 2.47. The maximum Gasteiger partial charge on any atom is 0.269 e. The molecule has 3 atom stereocenters. The van der Waals surface area contributed by atoms with Crippen LogP contribution in [0.1, 0.15) is 30.0 Å². The van der Waals surface area contributed by atoms with E-state index in [-0.39, 0.29) is 23.6 Å². The van der Waals surface area contributed by atoms with Gasteiger partial charge in [0.05, 0.1) is 29.3 Å². The molecule has 0 N–H and O–H groups in total. The summed E-state index contributed by atoms with van der Waals surface area (Å²) >= 11 is 0. The topological polar surface area (TPSA) is 88.6 Å². The summed E-state index contributed by atoms with van der Waals surface area (Å²) in [5, 5.41) is 21.3. The van der Waals surface area contributed by atoms with Crippen molar-refractivity contribution in [3.63, 3.8) is 0 Å². The third-order valence-corrected chi connectivity index (χ3v) is 6.43. The van der Waals surface area contributed by atoms with E-state index in [0.29, 0.717) is 17.2 Å². The van der Waals surface area contributed by atoms with Crippen molar-refractivity contribution in [1.82, 2.24) is 0 Å². The molecule has 2 aliphatic rings. The molecule has 0 spiro atoms. The second kappa shape index (κ2) is 7.99. The Morgan fingerprint density at radius 2 is 1.70 bits per heavy atom. The van der Waals surface area contributed by atoms with Crippen molar-refractivity contribution in [1.29, 1.82) is 5.26 Å². The van der Waals surface area contributed by atoms with Gasteiger partial charge in [-0.05, 0) is 41.3 Å². The van der Waals surface area contributed by atoms with Crippen molar-refractivity contribution in [3.8, 4) is 17.6 Å². The molecule has 0 radical (unpaired) electrons. The summed E-state index contributed by atoms with van der Waals surface area (Å²) in [6.07, 6.45) is 0. The highest BCUT2D eigenvalue weighted by Crippen LogP contribution is 2.55. The number of hydrogen-bond acceptors (Lipinski definition) is 6. The number of fused-ring (bicyclic) bond motifs is 3. The molecule has 0 amide bonds. The first-order valence-electron chi connectivity index (χ1n) is 10.6. The van der Waals surface area contributed by atoms with Gasteiger partial charge in [0.15, 0.2) is 5.75 Å². The van der Waals surface area contributed by atoms with E-state index in [0.717, 1.165) is 22.6 Å². The van der Waals surface area contributed by atoms with Gasteiger partial charge in [0.25, 0.3) is 5.69 Å². The summed E-state index contributed by atoms with van der Waals surface area (Å²) in [5.74, 6) is 1.66. The lowest BCUT2D eigenvalue weighted by Crippen LogP contribution is -2.39. The second-order valence-electron chi connectivity index (χ2n) is 8.17. The van der Waals surface area contributed by atoms with Crippen LogP contribution in [0.2, 0.25) is 0 Å². The fraction of sp³-hybridized carbons (Fsp3) is 0.192. The minimum absolute atomic E-state index is 0.0197. The van der Waals surface area contributed by atoms with Gasteiger partial charge in [-0.15, -0.1) is 0 Å². The molecule has 164 valence electrons. The number of nitro groups is 1. The molecule has 0 saturated carbocycles. The van der Waals surface area contributed by atoms with E-state index in [1.807, 2.05) is 48.5 Å². The molecule has 0 unspecified atom stereocenters. The Morgan fingerprint density at radius 3 is 2.33 bits per heavy atom. The number of nitrogens with zero attached hydrogens (tertiary/aromatic N) is 3. The number of methoxy groups -OCH3 is 1. The lowest BCUT2D eigenvalue weighted by Gasteiger charge is -2.42. The molecule has 2 aliphatic heterocycles. The van der Waals surface area contributed by atoms with Crippen LogP contribution in [0, 0.1) is 27.4 Å². The minimum atomic E-state index is -0.420. The summed E-state index contributed by atoms with van der Waals surface area (Å²) in [4.78, 5) is 12.8. The predicted molar refractivity (Wildman–Crippen MR) is 123 cm³/mol. The number of ether oxygens (including phenoxy) is 2. The standard InChI is InChI=1S/C26H21N3O4/c1-16-24(17-7-11-19(12-8-17)29(30)31)21(15-27)26-28(22-5-3-4-6-23(22)33-26)25(16)18-9-13-20(32-2)14-10-18/h3-14,16,24-25H,1-2H3/t16-,24+,25-/m0/s1. The number of rotatable bonds is 4. The summed E-state index contributed by atoms with van der Waals surface area (Å²) in [5.41, 5.74) is 3.35. The average Bonchev–Trinajstić information content (AvgIpc) is 3.22. The Balaban J connectivity index is 1.69. The van der Waals surface area contributed by atoms with Gasteiger partial charge in [-0.25, -0.2) is 0 Å². The first-order chi connectivity index (χ1) is 16.0. The van der Waals surface area contributed by atoms with E-state index in [2.05, 4.69) is 17.9 Å². The van der Waals surface area contributed by atoms with Crippen LogP contribution in [0.15, 0.2) is 84.3 Å². The maximum atomic E-state index is 11.1. The van der Waals surface area contributed by atoms with Crippen molar-refractivity contribution < 1.29 is 14.4 Å². The molecule has 3 aromatic rings. The van der Waals surface area contributed by atoms with Gasteiger partial charge in [0.2, 0.25) is 5.88 Å². The van der Waals surface area contributed by atoms with E-state index < -0.39 is 4.92 Å². The van der Waals surface area contributed by atoms with Crippen molar-refractivity contribution in [3.05, 3.63) is 105 Å². The number of allylic oxidation sites excluding steroid dienone is 1. The molecule has 2 heterocycles. The van der Waals surface area contributed by atoms with E-state index in [1.54, 1.807) is 19.2 Å². The van der Waals surface area contributed by atoms with Crippen LogP contribution in [-0.4, -0.2) is 12.0 Å². The highest BCUT2D eigenvalue weighted by molar-refractivity contribution is 5.71. The van der Waals surface area contributed by atoms with Gasteiger partial charge in [-0.2, -0.15) is 5.26 Å². The maximum absolute atomic E-state index is 11.1. The normalized spacial score (nSPS) is 21.0. The van der Waals surface area contributed by atoms with Gasteiger partial charge in [-0.3, -0.25) is 10.1 Å². The number of benzene rings is 3. The lowest BCUT2D eigenvalue weighted by molar-refractivity contribution is -0.384. The molecule has 0 saturated heterocycles. The number of nitro benzene ring substituents is 1. The molecule has 33 heavy (non-hydrogen) atoms. The fourth-order valence-electron chi connectivity index (χ4n) is 4.92. The molecule has 7 nitrogen and oxygen atoms in total. The number of non-ortho nitro benzene ring substituents is 1. The first kappa shape index (κ1) is 20.6. The van der Waals surface area contributed by atoms with Gasteiger partial charge < -0.3 is 14.4 Å². The molecular formula is C26H21N3O4. The van der Waals surface area contributed by atoms with Crippen LogP contribution < -0.4 is 14.4 Å². The Morgan fingerprint density at radius 1 is 1.03 bits per heavy atom. The van der Waals surface area contributed by atoms with Gasteiger partial charge in [0, 0.05) is 18.1 Å². The van der Waals surface area contributed by atoms with Gasteiger partial charge in [-0.1, -0.05) is 43.3 Å². The van der Waals surface area contributed by atoms with Crippen LogP contribution >= 0.6 is 0 Å². The molecule has 0 aromatic heterocycles. The molecule has 0 bridgehead atoms. The molecule has 7 heteroatoms. The monoisotopic (exact) mass is 439 g/mol. The van der Waals surface area contributed by atoms with Gasteiger partial charge >= 0.3 is 0 Å². The van der Waals surface area contributed by atoms with E-state index in [1.165, 1.54) is 12.1 Å². The Kier molecular flexibility index (Phi) is 4.98. The predicted octanol–water partition coefficient (Wildman–Crippen LogP) is 5.71. The van der Waals surface area contributed by atoms with E-state index in [9.17, 15) is 15.4 Å². The Bertz CT molecular complexity index is 1290. The number of nitriles is 1. The van der Waals surface area contributed by atoms with Crippen LogP contribution in [0.25, 0.3) is 0 Å². The minimum Gasteiger partial charge on any atom is -0.497 e. The summed E-state index contributed by atoms with van der Waals surface area (Å²) < 4.78 is 11.6. The first-order valence-corrected chi connectivity index (χ1v) is 10.6. The molecular weight excluding hydrogens is 418 g/mol. The fourth-order valence-corrected chi connectivity index (χ4v) is 4.92. The Labute approximate surface area is 191 Å². The highest BCUT2D eigenvalue weighted by atomic mass is 16.6. The SMILES string of the molecule is COc1ccc([C@@H]2[C@@H](C)[C@H](c3ccc([N+](=O)[O-])cc3)C(C#N)=C3Oc4ccccc4N32)cc1. The summed E-state index contributed by atoms with van der Waals surface area (Å²) in [6, 6.07) is 24.4. The molecule has 0 aliphatic carbocycles. The third kappa shape index (κ3) is 3.28. The number of anilines is 1. The molecule has 3 aromatic carbocycles. The second-order valence-corrected chi connectivity index (χ2v) is 8.17. The van der Waals surface area contributed by atoms with Crippen LogP contribution in [0.3, 0.4) is 0 Å². The van der Waals surface area contributed by atoms with Gasteiger partial charge in [0.1, 0.15) is 11.8 Å². The smallest absolute Gasteiger partial charge is 0.269 e. The number of hydrogen-bond donors (Lipinski definition) is 0.